The molecule has 0 bridgehead atoms. The summed E-state index contributed by atoms with van der Waals surface area (Å²) in [5, 5.41) is 12.7. The molecule has 0 saturated heterocycles. The Labute approximate surface area is 123 Å². The van der Waals surface area contributed by atoms with Gasteiger partial charge in [-0.05, 0) is 24.3 Å². The zero-order chi connectivity index (χ0) is 14.9. The lowest BCUT2D eigenvalue weighted by molar-refractivity contribution is 0.0698. The Kier molecular flexibility index (Phi) is 3.82. The van der Waals surface area contributed by atoms with Crippen molar-refractivity contribution in [3.05, 3.63) is 40.5 Å². The number of hydrogen-bond donors (Lipinski definition) is 2. The normalized spacial score (nSPS) is 11.3. The van der Waals surface area contributed by atoms with E-state index in [0.717, 1.165) is 15.4 Å². The number of hydrogen-bond acceptors (Lipinski definition) is 4. The molecular formula is C11H10BrN3O4S. The van der Waals surface area contributed by atoms with Crippen LogP contribution in [0.3, 0.4) is 0 Å². The number of rotatable bonds is 4. The van der Waals surface area contributed by atoms with Crippen LogP contribution in [0.25, 0.3) is 0 Å². The molecular weight excluding hydrogens is 350 g/mol. The number of anilines is 1. The van der Waals surface area contributed by atoms with Gasteiger partial charge < -0.3 is 5.11 Å². The Morgan fingerprint density at radius 2 is 1.95 bits per heavy atom. The second kappa shape index (κ2) is 5.25. The van der Waals surface area contributed by atoms with Gasteiger partial charge in [0.15, 0.2) is 5.82 Å². The van der Waals surface area contributed by atoms with Crippen molar-refractivity contribution in [3.63, 3.8) is 0 Å². The van der Waals surface area contributed by atoms with E-state index in [1.807, 2.05) is 0 Å². The third-order valence-electron chi connectivity index (χ3n) is 2.52. The molecule has 2 N–H and O–H groups in total. The zero-order valence-corrected chi connectivity index (χ0v) is 12.6. The average Bonchev–Trinajstić information content (AvgIpc) is 2.71. The highest BCUT2D eigenvalue weighted by Gasteiger charge is 2.21. The number of aromatic nitrogens is 2. The summed E-state index contributed by atoms with van der Waals surface area (Å²) in [6, 6.07) is 5.97. The molecule has 0 amide bonds. The highest BCUT2D eigenvalue weighted by Crippen LogP contribution is 2.20. The molecule has 7 nitrogen and oxygen atoms in total. The van der Waals surface area contributed by atoms with Crippen molar-refractivity contribution in [2.75, 3.05) is 4.72 Å². The van der Waals surface area contributed by atoms with Crippen LogP contribution in [0.4, 0.5) is 5.82 Å². The number of benzene rings is 1. The van der Waals surface area contributed by atoms with E-state index in [1.54, 1.807) is 12.1 Å². The second-order valence-corrected chi connectivity index (χ2v) is 6.49. The van der Waals surface area contributed by atoms with E-state index in [1.165, 1.54) is 19.2 Å². The average molecular weight is 360 g/mol. The van der Waals surface area contributed by atoms with E-state index in [4.69, 9.17) is 5.11 Å². The number of nitrogens with zero attached hydrogens (tertiary/aromatic N) is 2. The first-order valence-corrected chi connectivity index (χ1v) is 7.62. The third kappa shape index (κ3) is 2.83. The van der Waals surface area contributed by atoms with E-state index < -0.39 is 16.0 Å². The molecule has 2 aromatic rings. The number of carboxylic acid groups (broad SMARTS) is 1. The maximum absolute atomic E-state index is 12.2. The molecule has 0 spiro atoms. The summed E-state index contributed by atoms with van der Waals surface area (Å²) in [5.74, 6) is -1.35. The summed E-state index contributed by atoms with van der Waals surface area (Å²) in [7, 11) is -2.42. The van der Waals surface area contributed by atoms with Crippen LogP contribution in [0.15, 0.2) is 39.8 Å². The van der Waals surface area contributed by atoms with Gasteiger partial charge in [-0.1, -0.05) is 15.9 Å². The fraction of sp³-hybridized carbons (Fsp3) is 0.0909. The van der Waals surface area contributed by atoms with Crippen molar-refractivity contribution in [1.29, 1.82) is 0 Å². The Balaban J connectivity index is 2.41. The third-order valence-corrected chi connectivity index (χ3v) is 4.41. The Hall–Kier alpha value is -1.87. The van der Waals surface area contributed by atoms with Gasteiger partial charge in [0, 0.05) is 11.5 Å². The van der Waals surface area contributed by atoms with Gasteiger partial charge in [0.25, 0.3) is 10.0 Å². The van der Waals surface area contributed by atoms with E-state index in [2.05, 4.69) is 25.8 Å². The van der Waals surface area contributed by atoms with Gasteiger partial charge in [-0.15, -0.1) is 0 Å². The predicted octanol–water partition coefficient (Wildman–Crippen LogP) is 1.68. The predicted molar refractivity (Wildman–Crippen MR) is 75.1 cm³/mol. The smallest absolute Gasteiger partial charge is 0.341 e. The van der Waals surface area contributed by atoms with Crippen LogP contribution in [-0.2, 0) is 17.1 Å². The quantitative estimate of drug-likeness (QED) is 0.864. The van der Waals surface area contributed by atoms with Crippen LogP contribution >= 0.6 is 15.9 Å². The minimum Gasteiger partial charge on any atom is -0.477 e. The van der Waals surface area contributed by atoms with E-state index >= 15 is 0 Å². The second-order valence-electron chi connectivity index (χ2n) is 3.90. The summed E-state index contributed by atoms with van der Waals surface area (Å²) < 4.78 is 28.5. The Bertz CT molecular complexity index is 752. The Morgan fingerprint density at radius 1 is 1.35 bits per heavy atom. The van der Waals surface area contributed by atoms with Crippen LogP contribution in [-0.4, -0.2) is 29.3 Å². The summed E-state index contributed by atoms with van der Waals surface area (Å²) >= 11 is 3.21. The number of nitrogens with one attached hydrogen (secondary N) is 1. The van der Waals surface area contributed by atoms with Gasteiger partial charge in [-0.2, -0.15) is 5.10 Å². The lowest BCUT2D eigenvalue weighted by Gasteiger charge is -2.09. The highest BCUT2D eigenvalue weighted by atomic mass is 79.9. The topological polar surface area (TPSA) is 101 Å². The van der Waals surface area contributed by atoms with Gasteiger partial charge in [0.05, 0.1) is 11.1 Å². The van der Waals surface area contributed by atoms with Crippen molar-refractivity contribution < 1.29 is 18.3 Å². The number of halogens is 1. The minimum atomic E-state index is -3.87. The van der Waals surface area contributed by atoms with Crippen molar-refractivity contribution in [2.24, 2.45) is 7.05 Å². The monoisotopic (exact) mass is 359 g/mol. The maximum atomic E-state index is 12.2. The van der Waals surface area contributed by atoms with Gasteiger partial charge >= 0.3 is 5.97 Å². The fourth-order valence-corrected chi connectivity index (χ4v) is 2.89. The summed E-state index contributed by atoms with van der Waals surface area (Å²) in [6.07, 6.45) is 1.09. The summed E-state index contributed by atoms with van der Waals surface area (Å²) in [5.41, 5.74) is -0.215. The molecule has 0 aliphatic carbocycles. The molecule has 0 atom stereocenters. The maximum Gasteiger partial charge on any atom is 0.341 e. The Morgan fingerprint density at radius 3 is 2.50 bits per heavy atom. The molecule has 0 aliphatic rings. The molecule has 20 heavy (non-hydrogen) atoms. The van der Waals surface area contributed by atoms with Gasteiger partial charge in [-0.3, -0.25) is 9.40 Å². The molecule has 0 fully saturated rings. The first-order chi connectivity index (χ1) is 9.31. The van der Waals surface area contributed by atoms with Crippen LogP contribution in [0.2, 0.25) is 0 Å². The molecule has 9 heteroatoms. The molecule has 0 aliphatic heterocycles. The van der Waals surface area contributed by atoms with Crippen LogP contribution in [0, 0.1) is 0 Å². The molecule has 0 radical (unpaired) electrons. The first kappa shape index (κ1) is 14.5. The van der Waals surface area contributed by atoms with Crippen molar-refractivity contribution >= 4 is 37.7 Å². The van der Waals surface area contributed by atoms with E-state index in [-0.39, 0.29) is 16.3 Å². The van der Waals surface area contributed by atoms with Crippen molar-refractivity contribution in [1.82, 2.24) is 9.78 Å². The number of aromatic carboxylic acids is 1. The van der Waals surface area contributed by atoms with E-state index in [9.17, 15) is 13.2 Å². The van der Waals surface area contributed by atoms with Gasteiger partial charge in [0.1, 0.15) is 5.56 Å². The molecule has 1 aromatic carbocycles. The molecule has 2 rings (SSSR count). The molecule has 106 valence electrons. The van der Waals surface area contributed by atoms with Crippen LogP contribution in [0.5, 0.6) is 0 Å². The van der Waals surface area contributed by atoms with Crippen LogP contribution in [0.1, 0.15) is 10.4 Å². The lowest BCUT2D eigenvalue weighted by atomic mass is 10.3. The lowest BCUT2D eigenvalue weighted by Crippen LogP contribution is -2.17. The minimum absolute atomic E-state index is 0.0261. The van der Waals surface area contributed by atoms with Crippen LogP contribution < -0.4 is 4.72 Å². The van der Waals surface area contributed by atoms with Crippen molar-refractivity contribution in [3.8, 4) is 0 Å². The van der Waals surface area contributed by atoms with E-state index in [0.29, 0.717) is 0 Å². The zero-order valence-electron chi connectivity index (χ0n) is 10.2. The summed E-state index contributed by atoms with van der Waals surface area (Å²) in [6.45, 7) is 0. The number of carboxylic acids is 1. The van der Waals surface area contributed by atoms with Gasteiger partial charge in [-0.25, -0.2) is 13.2 Å². The SMILES string of the molecule is Cn1ncc(C(=O)O)c1NS(=O)(=O)c1ccc(Br)cc1. The summed E-state index contributed by atoms with van der Waals surface area (Å²) in [4.78, 5) is 11.0. The highest BCUT2D eigenvalue weighted by molar-refractivity contribution is 9.10. The molecule has 1 heterocycles. The number of sulfonamides is 1. The van der Waals surface area contributed by atoms with Crippen molar-refractivity contribution in [2.45, 2.75) is 4.90 Å². The van der Waals surface area contributed by atoms with Gasteiger partial charge in [0.2, 0.25) is 0 Å². The number of carbonyl (C=O) groups is 1. The first-order valence-electron chi connectivity index (χ1n) is 5.35. The molecule has 0 unspecified atom stereocenters. The molecule has 0 saturated carbocycles. The number of aryl methyl sites for hydroxylation is 1. The standard InChI is InChI=1S/C11H10BrN3O4S/c1-15-10(9(6-13-15)11(16)17)14-20(18,19)8-4-2-7(12)3-5-8/h2-6,14H,1H3,(H,16,17). The largest absolute Gasteiger partial charge is 0.477 e. The molecule has 1 aromatic heterocycles. The fourth-order valence-electron chi connectivity index (χ4n) is 1.52.